The fourth-order valence-electron chi connectivity index (χ4n) is 16.8. The van der Waals surface area contributed by atoms with Crippen LogP contribution >= 0.6 is 0 Å². The molecule has 0 bridgehead atoms. The Morgan fingerprint density at radius 2 is 1.21 bits per heavy atom. The van der Waals surface area contributed by atoms with Crippen molar-refractivity contribution in [2.75, 3.05) is 6.54 Å². The van der Waals surface area contributed by atoms with E-state index in [4.69, 9.17) is 37.9 Å². The summed E-state index contributed by atoms with van der Waals surface area (Å²) in [6.07, 6.45) is 7.32. The van der Waals surface area contributed by atoms with Crippen LogP contribution in [-0.2, 0) is 73.2 Å². The monoisotopic (exact) mass is 1380 g/mol. The molecule has 0 saturated carbocycles. The molecule has 3 aromatic rings. The first-order chi connectivity index (χ1) is 46.4. The molecule has 1 N–H and O–H groups in total. The lowest BCUT2D eigenvalue weighted by Crippen LogP contribution is -2.59. The number of pyridine rings is 1. The van der Waals surface area contributed by atoms with Gasteiger partial charge in [0, 0.05) is 78.8 Å². The Labute approximate surface area is 587 Å². The number of esters is 2. The summed E-state index contributed by atoms with van der Waals surface area (Å²) in [5.74, 6) is -7.34. The summed E-state index contributed by atoms with van der Waals surface area (Å²) in [6.45, 7) is 40.4. The van der Waals surface area contributed by atoms with Gasteiger partial charge in [-0.1, -0.05) is 111 Å². The molecule has 0 radical (unpaired) electrons. The minimum atomic E-state index is -1.47. The summed E-state index contributed by atoms with van der Waals surface area (Å²) < 4.78 is 53.5. The molecule has 8 heterocycles. The zero-order valence-corrected chi connectivity index (χ0v) is 62.9. The van der Waals surface area contributed by atoms with E-state index in [0.717, 1.165) is 23.9 Å². The van der Waals surface area contributed by atoms with Crippen molar-refractivity contribution in [3.05, 3.63) is 61.0 Å². The lowest BCUT2D eigenvalue weighted by Gasteiger charge is -2.46. The summed E-state index contributed by atoms with van der Waals surface area (Å²) >= 11 is 0. The van der Waals surface area contributed by atoms with E-state index in [1.807, 2.05) is 107 Å². The molecule has 0 aromatic carbocycles. The Bertz CT molecular complexity index is 3320. The number of carbonyl (C=O) groups excluding carboxylic acids is 8. The van der Waals surface area contributed by atoms with Crippen molar-refractivity contribution in [3.63, 3.8) is 0 Å². The average Bonchev–Trinajstić information content (AvgIpc) is 1.61. The smallest absolute Gasteiger partial charge is 0.420 e. The highest BCUT2D eigenvalue weighted by molar-refractivity contribution is 6.01. The number of aryl methyl sites for hydroxylation is 1. The lowest BCUT2D eigenvalue weighted by atomic mass is 9.68. The molecule has 5 aliphatic heterocycles. The van der Waals surface area contributed by atoms with E-state index < -0.39 is 137 Å². The summed E-state index contributed by atoms with van der Waals surface area (Å²) in [5.41, 5.74) is -2.92. The first-order valence-corrected chi connectivity index (χ1v) is 36.6. The van der Waals surface area contributed by atoms with E-state index in [-0.39, 0.29) is 60.0 Å². The topological polar surface area (TPSA) is 270 Å². The average molecular weight is 1380 g/mol. The van der Waals surface area contributed by atoms with Gasteiger partial charge in [-0.15, -0.1) is 0 Å². The minimum absolute atomic E-state index is 0.00343. The standard InChI is InChI=1S/C42H63N3O9.C35H54N2O8/c1-11-31-42(12-2)35(45(40(50)54-42)20-14-13-19-44-21-17-30-16-15-18-43-37(30)44)27(6)32(46)25(4)23-41(9,10)36(28(7)34(48)29(8)38(49)52-31)53-39-33(47)24(3)22-26(5)51-39;1-12-27-35(13-2,45-33(41)37-15-14-36-19-37)18-22(5)28(38)21(4)17-34(10,11)30(25(8)29(39)26(9)31(40)43-27)44-32-24(7)20(3)16-23(6)42-32/h15-18,21,24-29,31,33,35-36,39,47H,11-14,19-20,22-23H2,1-10H3;14-15,18-21,23-27,30,32H,12-13,16-17H2,1-11H3/b;22-18+/t24-,25+,26+,27-,28-,29+,31+,33+,35+,36+,39?,42+;20-,21+,23+,24+,25-,26+,27+,30+,32?,35-/m00/s1. The van der Waals surface area contributed by atoms with Crippen LogP contribution in [0, 0.1) is 70.0 Å². The number of aliphatic hydroxyl groups excluding tert-OH is 1. The second-order valence-electron chi connectivity index (χ2n) is 31.2. The maximum absolute atomic E-state index is 14.7. The van der Waals surface area contributed by atoms with E-state index in [1.54, 1.807) is 65.6 Å². The van der Waals surface area contributed by atoms with Crippen molar-refractivity contribution in [1.29, 1.82) is 0 Å². The first kappa shape index (κ1) is 80.1. The van der Waals surface area contributed by atoms with Crippen LogP contribution in [0.15, 0.2) is 61.0 Å². The highest BCUT2D eigenvalue weighted by Crippen LogP contribution is 2.47. The van der Waals surface area contributed by atoms with E-state index >= 15 is 0 Å². The number of carbonyl (C=O) groups is 8. The number of allylic oxidation sites excluding steroid dienone is 1. The number of aromatic nitrogens is 4. The molecular weight excluding hydrogens is 1270 g/mol. The molecular formula is C77H117N5O17. The third-order valence-electron chi connectivity index (χ3n) is 22.5. The van der Waals surface area contributed by atoms with Gasteiger partial charge in [-0.05, 0) is 151 Å². The van der Waals surface area contributed by atoms with Crippen molar-refractivity contribution < 1.29 is 81.4 Å². The van der Waals surface area contributed by atoms with E-state index in [1.165, 1.54) is 23.3 Å². The van der Waals surface area contributed by atoms with Gasteiger partial charge in [-0.3, -0.25) is 28.8 Å². The predicted molar refractivity (Wildman–Crippen MR) is 372 cm³/mol. The molecule has 0 spiro atoms. The molecule has 1 amide bonds. The normalized spacial score (nSPS) is 37.4. The maximum Gasteiger partial charge on any atom is 0.420 e. The molecule has 4 fully saturated rings. The number of fused-ring (bicyclic) bond motifs is 2. The summed E-state index contributed by atoms with van der Waals surface area (Å²) in [5, 5.41) is 12.2. The van der Waals surface area contributed by atoms with Crippen molar-refractivity contribution in [2.24, 2.45) is 70.0 Å². The number of ketones is 4. The number of nitrogens with zero attached hydrogens (tertiary/aromatic N) is 5. The predicted octanol–water partition coefficient (Wildman–Crippen LogP) is 13.3. The van der Waals surface area contributed by atoms with Crippen molar-refractivity contribution in [1.82, 2.24) is 24.0 Å². The summed E-state index contributed by atoms with van der Waals surface area (Å²) in [4.78, 5) is 122. The number of aliphatic hydroxyl groups is 1. The zero-order valence-electron chi connectivity index (χ0n) is 62.9. The van der Waals surface area contributed by atoms with E-state index in [2.05, 4.69) is 28.4 Å². The highest BCUT2D eigenvalue weighted by atomic mass is 16.7. The SMILES string of the molecule is CC[C@H]1OC(=O)[C@H](C)C(=O)[C@H](C)[C@@H](OC2O[C@H](C)C[C@H](C)[C@H]2C)C(C)(C)C[C@@H](C)C(=O)/C(C)=C/[C@]1(CC)OC(=O)n1ccnc1.CC[C@H]1OC(=O)[C@H](C)C(=O)[C@H](C)[C@@H](OC2O[C@H](C)C[C@H](C)[C@H]2O)C(C)(C)C[C@@H](C)C(=O)[C@H](C)[C@H]2N(CCCCn3ccc4cccnc43)C(=O)O[C@]12CC. The Kier molecular flexibility index (Phi) is 26.9. The quantitative estimate of drug-likeness (QED) is 0.0680. The lowest BCUT2D eigenvalue weighted by molar-refractivity contribution is -0.284. The van der Waals surface area contributed by atoms with Gasteiger partial charge in [0.15, 0.2) is 41.1 Å². The molecule has 2 unspecified atom stereocenters. The number of unbranched alkanes of at least 4 members (excludes halogenated alkanes) is 1. The van der Waals surface area contributed by atoms with Crippen molar-refractivity contribution >= 4 is 58.3 Å². The van der Waals surface area contributed by atoms with Gasteiger partial charge < -0.3 is 52.5 Å². The van der Waals surface area contributed by atoms with Crippen LogP contribution < -0.4 is 0 Å². The Balaban J connectivity index is 0.000000283. The molecule has 8 rings (SSSR count). The zero-order chi connectivity index (χ0) is 73.6. The summed E-state index contributed by atoms with van der Waals surface area (Å²) in [7, 11) is 0. The van der Waals surface area contributed by atoms with Crippen LogP contribution in [0.25, 0.3) is 11.0 Å². The largest absolute Gasteiger partial charge is 0.457 e. The Hall–Kier alpha value is -6.20. The van der Waals surface area contributed by atoms with Crippen molar-refractivity contribution in [2.45, 2.75) is 289 Å². The molecule has 4 saturated heterocycles. The third-order valence-corrected chi connectivity index (χ3v) is 22.5. The number of Topliss-reactive ketones (excluding diaryl/α,β-unsaturated/α-hetero) is 4. The molecule has 552 valence electrons. The molecule has 0 aliphatic carbocycles. The molecule has 22 atom stereocenters. The molecule has 5 aliphatic rings. The van der Waals surface area contributed by atoms with Crippen LogP contribution in [0.2, 0.25) is 0 Å². The minimum Gasteiger partial charge on any atom is -0.457 e. The van der Waals surface area contributed by atoms with E-state index in [9.17, 15) is 43.5 Å². The number of cyclic esters (lactones) is 2. The van der Waals surface area contributed by atoms with Gasteiger partial charge in [-0.2, -0.15) is 0 Å². The van der Waals surface area contributed by atoms with Crippen LogP contribution in [0.1, 0.15) is 210 Å². The molecule has 22 nitrogen and oxygen atoms in total. The second-order valence-corrected chi connectivity index (χ2v) is 31.2. The molecule has 3 aromatic heterocycles. The number of ether oxygens (including phenoxy) is 8. The van der Waals surface area contributed by atoms with Crippen LogP contribution in [-0.4, -0.2) is 155 Å². The van der Waals surface area contributed by atoms with Gasteiger partial charge in [0.05, 0.1) is 30.5 Å². The number of amides is 1. The number of rotatable bonds is 14. The fraction of sp³-hybridized carbons (Fsp3) is 0.740. The molecule has 22 heteroatoms. The van der Waals surface area contributed by atoms with Gasteiger partial charge in [0.2, 0.25) is 0 Å². The van der Waals surface area contributed by atoms with Gasteiger partial charge in [-0.25, -0.2) is 24.1 Å². The Morgan fingerprint density at radius 1 is 0.657 bits per heavy atom. The van der Waals surface area contributed by atoms with Gasteiger partial charge in [0.1, 0.15) is 47.9 Å². The van der Waals surface area contributed by atoms with Crippen LogP contribution in [0.4, 0.5) is 9.59 Å². The highest BCUT2D eigenvalue weighted by Gasteiger charge is 2.62. The second kappa shape index (κ2) is 33.3. The third kappa shape index (κ3) is 17.6. The molecule has 99 heavy (non-hydrogen) atoms. The fourth-order valence-corrected chi connectivity index (χ4v) is 16.8. The Morgan fingerprint density at radius 3 is 1.78 bits per heavy atom. The van der Waals surface area contributed by atoms with Gasteiger partial charge >= 0.3 is 24.1 Å². The number of imidazole rings is 1. The van der Waals surface area contributed by atoms with Crippen molar-refractivity contribution in [3.8, 4) is 0 Å². The number of hydrogen-bond acceptors (Lipinski definition) is 19. The maximum atomic E-state index is 14.7. The first-order valence-electron chi connectivity index (χ1n) is 36.6. The van der Waals surface area contributed by atoms with Gasteiger partial charge in [0.25, 0.3) is 0 Å². The van der Waals surface area contributed by atoms with Crippen LogP contribution in [0.5, 0.6) is 0 Å². The summed E-state index contributed by atoms with van der Waals surface area (Å²) in [6, 6.07) is 5.25. The number of hydrogen-bond donors (Lipinski definition) is 1. The van der Waals surface area contributed by atoms with Crippen LogP contribution in [0.3, 0.4) is 0 Å². The van der Waals surface area contributed by atoms with E-state index in [0.29, 0.717) is 63.1 Å².